The lowest BCUT2D eigenvalue weighted by molar-refractivity contribution is -0.116. The highest BCUT2D eigenvalue weighted by Crippen LogP contribution is 2.18. The molecule has 2 N–H and O–H groups in total. The number of fused-ring (bicyclic) bond motifs is 1. The molecule has 2 aromatic carbocycles. The number of hydrogen-bond donors (Lipinski definition) is 2. The summed E-state index contributed by atoms with van der Waals surface area (Å²) < 4.78 is 0. The molecular formula is C22H22N2O3. The molecule has 1 aromatic heterocycles. The minimum atomic E-state index is -0.198. The maximum atomic E-state index is 12.3. The molecule has 0 bridgehead atoms. The van der Waals surface area contributed by atoms with Crippen LogP contribution in [0.15, 0.2) is 47.3 Å². The highest BCUT2D eigenvalue weighted by Gasteiger charge is 2.09. The number of carbonyl (C=O) groups excluding carboxylic acids is 2. The number of carbonyl (C=O) groups is 2. The Bertz CT molecular complexity index is 1100. The molecule has 1 heterocycles. The van der Waals surface area contributed by atoms with E-state index >= 15 is 0 Å². The molecule has 27 heavy (non-hydrogen) atoms. The van der Waals surface area contributed by atoms with Crippen LogP contribution < -0.4 is 10.9 Å². The Kier molecular flexibility index (Phi) is 5.21. The second kappa shape index (κ2) is 7.58. The van der Waals surface area contributed by atoms with Crippen molar-refractivity contribution >= 4 is 28.3 Å². The first-order valence-corrected chi connectivity index (χ1v) is 8.87. The van der Waals surface area contributed by atoms with E-state index in [-0.39, 0.29) is 23.7 Å². The van der Waals surface area contributed by atoms with Gasteiger partial charge in [-0.3, -0.25) is 14.4 Å². The predicted octanol–water partition coefficient (Wildman–Crippen LogP) is 3.92. The average molecular weight is 362 g/mol. The van der Waals surface area contributed by atoms with E-state index in [0.717, 1.165) is 22.0 Å². The number of nitrogens with one attached hydrogen (secondary N) is 2. The topological polar surface area (TPSA) is 79.0 Å². The second-order valence-corrected chi connectivity index (χ2v) is 6.85. The SMILES string of the molecule is CC(=O)c1cccc(NC(=O)CCc2cc3cc(C)cc(C)c3[nH]c2=O)c1. The molecule has 1 amide bonds. The first kappa shape index (κ1) is 18.6. The van der Waals surface area contributed by atoms with Gasteiger partial charge in [0.2, 0.25) is 5.91 Å². The molecule has 0 spiro atoms. The van der Waals surface area contributed by atoms with Crippen LogP contribution in [-0.4, -0.2) is 16.7 Å². The van der Waals surface area contributed by atoms with E-state index in [4.69, 9.17) is 0 Å². The Morgan fingerprint density at radius 1 is 1.07 bits per heavy atom. The number of anilines is 1. The number of amides is 1. The lowest BCUT2D eigenvalue weighted by Crippen LogP contribution is -2.17. The number of aromatic amines is 1. The van der Waals surface area contributed by atoms with Gasteiger partial charge in [-0.2, -0.15) is 0 Å². The van der Waals surface area contributed by atoms with Crippen molar-refractivity contribution in [3.8, 4) is 0 Å². The van der Waals surface area contributed by atoms with Gasteiger partial charge in [-0.05, 0) is 62.4 Å². The van der Waals surface area contributed by atoms with Crippen molar-refractivity contribution in [3.05, 3.63) is 75.1 Å². The Hall–Kier alpha value is -3.21. The van der Waals surface area contributed by atoms with E-state index in [9.17, 15) is 14.4 Å². The number of ketones is 1. The molecule has 138 valence electrons. The maximum Gasteiger partial charge on any atom is 0.251 e. The first-order valence-electron chi connectivity index (χ1n) is 8.87. The van der Waals surface area contributed by atoms with Gasteiger partial charge in [0.25, 0.3) is 5.56 Å². The molecule has 5 nitrogen and oxygen atoms in total. The number of H-pyrrole nitrogens is 1. The first-order chi connectivity index (χ1) is 12.8. The summed E-state index contributed by atoms with van der Waals surface area (Å²) in [6.45, 7) is 5.46. The van der Waals surface area contributed by atoms with Gasteiger partial charge in [0.15, 0.2) is 5.78 Å². The molecule has 0 radical (unpaired) electrons. The van der Waals surface area contributed by atoms with Crippen molar-refractivity contribution in [2.75, 3.05) is 5.32 Å². The molecule has 0 fully saturated rings. The molecule has 0 saturated carbocycles. The van der Waals surface area contributed by atoms with Crippen LogP contribution >= 0.6 is 0 Å². The van der Waals surface area contributed by atoms with Gasteiger partial charge in [0.1, 0.15) is 0 Å². The Labute approximate surface area is 157 Å². The van der Waals surface area contributed by atoms with Crippen LogP contribution in [-0.2, 0) is 11.2 Å². The molecule has 3 rings (SSSR count). The smallest absolute Gasteiger partial charge is 0.251 e. The molecule has 3 aromatic rings. The fourth-order valence-electron chi connectivity index (χ4n) is 3.21. The summed E-state index contributed by atoms with van der Waals surface area (Å²) in [5.41, 5.74) is 4.52. The number of aryl methyl sites for hydroxylation is 3. The second-order valence-electron chi connectivity index (χ2n) is 6.85. The van der Waals surface area contributed by atoms with Crippen LogP contribution in [0, 0.1) is 13.8 Å². The molecule has 0 aliphatic rings. The Morgan fingerprint density at radius 2 is 1.85 bits per heavy atom. The number of rotatable bonds is 5. The fourth-order valence-corrected chi connectivity index (χ4v) is 3.21. The number of benzene rings is 2. The zero-order valence-electron chi connectivity index (χ0n) is 15.7. The summed E-state index contributed by atoms with van der Waals surface area (Å²) >= 11 is 0. The third kappa shape index (κ3) is 4.31. The molecule has 0 saturated heterocycles. The Morgan fingerprint density at radius 3 is 2.59 bits per heavy atom. The minimum Gasteiger partial charge on any atom is -0.326 e. The number of Topliss-reactive ketones (excluding diaryl/α,β-unsaturated/α-hetero) is 1. The predicted molar refractivity (Wildman–Crippen MR) is 107 cm³/mol. The van der Waals surface area contributed by atoms with Crippen LogP contribution in [0.4, 0.5) is 5.69 Å². The van der Waals surface area contributed by atoms with E-state index in [0.29, 0.717) is 23.2 Å². The van der Waals surface area contributed by atoms with E-state index in [1.807, 2.05) is 32.0 Å². The van der Waals surface area contributed by atoms with Crippen LogP contribution in [0.2, 0.25) is 0 Å². The largest absolute Gasteiger partial charge is 0.326 e. The van der Waals surface area contributed by atoms with Crippen LogP contribution in [0.1, 0.15) is 40.4 Å². The lowest BCUT2D eigenvalue weighted by Gasteiger charge is -2.08. The summed E-state index contributed by atoms with van der Waals surface area (Å²) in [5.74, 6) is -0.255. The zero-order chi connectivity index (χ0) is 19.6. The third-order valence-electron chi connectivity index (χ3n) is 4.54. The normalized spacial score (nSPS) is 10.8. The van der Waals surface area contributed by atoms with Gasteiger partial charge in [-0.1, -0.05) is 23.8 Å². The van der Waals surface area contributed by atoms with Crippen molar-refractivity contribution in [1.82, 2.24) is 4.98 Å². The van der Waals surface area contributed by atoms with Crippen LogP contribution in [0.25, 0.3) is 10.9 Å². The quantitative estimate of drug-likeness (QED) is 0.675. The highest BCUT2D eigenvalue weighted by molar-refractivity contribution is 5.97. The molecule has 0 aliphatic heterocycles. The van der Waals surface area contributed by atoms with Gasteiger partial charge < -0.3 is 10.3 Å². The fraction of sp³-hybridized carbons (Fsp3) is 0.227. The number of pyridine rings is 1. The van der Waals surface area contributed by atoms with Crippen LogP contribution in [0.3, 0.4) is 0 Å². The van der Waals surface area contributed by atoms with Crippen molar-refractivity contribution in [1.29, 1.82) is 0 Å². The van der Waals surface area contributed by atoms with Gasteiger partial charge in [-0.15, -0.1) is 0 Å². The van der Waals surface area contributed by atoms with Crippen molar-refractivity contribution < 1.29 is 9.59 Å². The lowest BCUT2D eigenvalue weighted by atomic mass is 10.0. The van der Waals surface area contributed by atoms with E-state index in [2.05, 4.69) is 10.3 Å². The van der Waals surface area contributed by atoms with E-state index in [1.54, 1.807) is 24.3 Å². The summed E-state index contributed by atoms with van der Waals surface area (Å²) in [4.78, 5) is 38.9. The molecule has 0 aliphatic carbocycles. The molecular weight excluding hydrogens is 340 g/mol. The molecule has 5 heteroatoms. The molecule has 0 atom stereocenters. The molecule has 0 unspecified atom stereocenters. The maximum absolute atomic E-state index is 12.3. The van der Waals surface area contributed by atoms with E-state index < -0.39 is 0 Å². The number of hydrogen-bond acceptors (Lipinski definition) is 3. The average Bonchev–Trinajstić information content (AvgIpc) is 2.61. The minimum absolute atomic E-state index is 0.0561. The van der Waals surface area contributed by atoms with Crippen molar-refractivity contribution in [2.45, 2.75) is 33.6 Å². The monoisotopic (exact) mass is 362 g/mol. The standard InChI is InChI=1S/C22H22N2O3/c1-13-9-14(2)21-18(10-13)11-17(22(27)24-21)7-8-20(26)23-19-6-4-5-16(12-19)15(3)25/h4-6,9-12H,7-8H2,1-3H3,(H,23,26)(H,24,27). The summed E-state index contributed by atoms with van der Waals surface area (Å²) in [6.07, 6.45) is 0.528. The third-order valence-corrected chi connectivity index (χ3v) is 4.54. The van der Waals surface area contributed by atoms with Crippen molar-refractivity contribution in [3.63, 3.8) is 0 Å². The summed E-state index contributed by atoms with van der Waals surface area (Å²) in [7, 11) is 0. The van der Waals surface area contributed by atoms with Gasteiger partial charge in [-0.25, -0.2) is 0 Å². The number of aromatic nitrogens is 1. The van der Waals surface area contributed by atoms with E-state index in [1.165, 1.54) is 6.92 Å². The Balaban J connectivity index is 1.73. The van der Waals surface area contributed by atoms with Gasteiger partial charge in [0.05, 0.1) is 5.52 Å². The van der Waals surface area contributed by atoms with Crippen LogP contribution in [0.5, 0.6) is 0 Å². The summed E-state index contributed by atoms with van der Waals surface area (Å²) in [6, 6.07) is 12.7. The van der Waals surface area contributed by atoms with Crippen molar-refractivity contribution in [2.24, 2.45) is 0 Å². The summed E-state index contributed by atoms with van der Waals surface area (Å²) in [5, 5.41) is 3.75. The highest BCUT2D eigenvalue weighted by atomic mass is 16.1. The van der Waals surface area contributed by atoms with Gasteiger partial charge >= 0.3 is 0 Å². The van der Waals surface area contributed by atoms with Gasteiger partial charge in [0, 0.05) is 23.2 Å². The zero-order valence-corrected chi connectivity index (χ0v) is 15.7.